The van der Waals surface area contributed by atoms with Crippen LogP contribution in [-0.2, 0) is 6.54 Å². The van der Waals surface area contributed by atoms with Gasteiger partial charge in [0.05, 0.1) is 0 Å². The second-order valence-corrected chi connectivity index (χ2v) is 6.17. The Kier molecular flexibility index (Phi) is 6.87. The van der Waals surface area contributed by atoms with Gasteiger partial charge in [0.15, 0.2) is 0 Å². The van der Waals surface area contributed by atoms with Crippen LogP contribution in [-0.4, -0.2) is 30.7 Å². The topological polar surface area (TPSA) is 61.4 Å². The van der Waals surface area contributed by atoms with E-state index in [0.29, 0.717) is 17.5 Å². The first-order valence-electron chi connectivity index (χ1n) is 8.40. The maximum absolute atomic E-state index is 11.5. The molecule has 0 heterocycles. The summed E-state index contributed by atoms with van der Waals surface area (Å²) in [5, 5.41) is 15.5. The minimum absolute atomic E-state index is 0.0557. The van der Waals surface area contributed by atoms with E-state index in [9.17, 15) is 9.90 Å². The number of amides is 1. The molecule has 1 aromatic carbocycles. The molecule has 1 atom stereocenters. The molecular formula is C18H28N2O2. The lowest BCUT2D eigenvalue weighted by Crippen LogP contribution is -2.37. The Morgan fingerprint density at radius 3 is 2.50 bits per heavy atom. The van der Waals surface area contributed by atoms with Gasteiger partial charge in [-0.3, -0.25) is 4.79 Å². The molecule has 0 radical (unpaired) electrons. The maximum Gasteiger partial charge on any atom is 0.251 e. The smallest absolute Gasteiger partial charge is 0.251 e. The van der Waals surface area contributed by atoms with Gasteiger partial charge in [-0.1, -0.05) is 31.4 Å². The van der Waals surface area contributed by atoms with Crippen LogP contribution in [0.3, 0.4) is 0 Å². The van der Waals surface area contributed by atoms with Crippen LogP contribution >= 0.6 is 0 Å². The van der Waals surface area contributed by atoms with Gasteiger partial charge in [-0.15, -0.1) is 0 Å². The molecule has 4 nitrogen and oxygen atoms in total. The van der Waals surface area contributed by atoms with E-state index in [2.05, 4.69) is 10.6 Å². The van der Waals surface area contributed by atoms with Gasteiger partial charge in [0.1, 0.15) is 0 Å². The zero-order valence-electron chi connectivity index (χ0n) is 13.5. The third-order valence-corrected chi connectivity index (χ3v) is 4.67. The summed E-state index contributed by atoms with van der Waals surface area (Å²) < 4.78 is 0. The normalized spacial score (nSPS) is 17.2. The van der Waals surface area contributed by atoms with Crippen molar-refractivity contribution in [3.8, 4) is 0 Å². The molecule has 0 aromatic heterocycles. The number of rotatable bonds is 7. The van der Waals surface area contributed by atoms with Gasteiger partial charge in [-0.05, 0) is 42.9 Å². The Labute approximate surface area is 133 Å². The summed E-state index contributed by atoms with van der Waals surface area (Å²) in [7, 11) is 1.64. The highest BCUT2D eigenvalue weighted by Gasteiger charge is 2.22. The van der Waals surface area contributed by atoms with E-state index in [-0.39, 0.29) is 12.5 Å². The molecule has 4 heteroatoms. The number of hydrogen-bond donors (Lipinski definition) is 3. The van der Waals surface area contributed by atoms with E-state index in [1.807, 2.05) is 24.3 Å². The fourth-order valence-electron chi connectivity index (χ4n) is 3.35. The van der Waals surface area contributed by atoms with E-state index >= 15 is 0 Å². The summed E-state index contributed by atoms with van der Waals surface area (Å²) in [6.07, 6.45) is 7.34. The van der Waals surface area contributed by atoms with E-state index in [0.717, 1.165) is 13.0 Å². The van der Waals surface area contributed by atoms with Gasteiger partial charge in [0.2, 0.25) is 0 Å². The van der Waals surface area contributed by atoms with Gasteiger partial charge >= 0.3 is 0 Å². The van der Waals surface area contributed by atoms with Crippen molar-refractivity contribution in [3.05, 3.63) is 35.4 Å². The van der Waals surface area contributed by atoms with Crippen molar-refractivity contribution in [1.29, 1.82) is 0 Å². The summed E-state index contributed by atoms with van der Waals surface area (Å²) in [5.41, 5.74) is 1.86. The molecule has 0 bridgehead atoms. The lowest BCUT2D eigenvalue weighted by molar-refractivity contribution is 0.0963. The molecule has 2 rings (SSSR count). The standard InChI is InChI=1S/C18H28N2O2/c1-19-18(22)16-9-7-14(8-10-16)13-20-17(11-12-21)15-5-3-2-4-6-15/h7-10,15,17,20-21H,2-6,11-13H2,1H3,(H,19,22). The van der Waals surface area contributed by atoms with Crippen LogP contribution in [0.15, 0.2) is 24.3 Å². The van der Waals surface area contributed by atoms with Crippen LogP contribution in [0.2, 0.25) is 0 Å². The molecule has 1 fully saturated rings. The van der Waals surface area contributed by atoms with Crippen molar-refractivity contribution in [2.75, 3.05) is 13.7 Å². The molecule has 1 amide bonds. The quantitative estimate of drug-likeness (QED) is 0.725. The van der Waals surface area contributed by atoms with Gasteiger partial charge in [0.25, 0.3) is 5.91 Å². The third kappa shape index (κ3) is 4.82. The molecule has 0 aliphatic heterocycles. The first-order valence-corrected chi connectivity index (χ1v) is 8.40. The zero-order chi connectivity index (χ0) is 15.8. The van der Waals surface area contributed by atoms with Crippen molar-refractivity contribution in [2.24, 2.45) is 5.92 Å². The molecule has 1 unspecified atom stereocenters. The van der Waals surface area contributed by atoms with Gasteiger partial charge < -0.3 is 15.7 Å². The lowest BCUT2D eigenvalue weighted by Gasteiger charge is -2.31. The Balaban J connectivity index is 1.89. The molecule has 122 valence electrons. The summed E-state index contributed by atoms with van der Waals surface area (Å²) in [6, 6.07) is 8.10. The van der Waals surface area contributed by atoms with E-state index in [4.69, 9.17) is 0 Å². The monoisotopic (exact) mass is 304 g/mol. The van der Waals surface area contributed by atoms with Crippen molar-refractivity contribution >= 4 is 5.91 Å². The molecule has 0 saturated heterocycles. The minimum atomic E-state index is -0.0557. The molecular weight excluding hydrogens is 276 g/mol. The minimum Gasteiger partial charge on any atom is -0.396 e. The lowest BCUT2D eigenvalue weighted by atomic mass is 9.82. The highest BCUT2D eigenvalue weighted by atomic mass is 16.3. The van der Waals surface area contributed by atoms with Crippen molar-refractivity contribution < 1.29 is 9.90 Å². The predicted molar refractivity (Wildman–Crippen MR) is 88.7 cm³/mol. The third-order valence-electron chi connectivity index (χ3n) is 4.67. The average molecular weight is 304 g/mol. The van der Waals surface area contributed by atoms with Crippen LogP contribution in [0.4, 0.5) is 0 Å². The first-order chi connectivity index (χ1) is 10.7. The molecule has 1 aromatic rings. The summed E-state index contributed by atoms with van der Waals surface area (Å²) >= 11 is 0. The van der Waals surface area contributed by atoms with Crippen LogP contribution in [0.5, 0.6) is 0 Å². The van der Waals surface area contributed by atoms with Crippen LogP contribution in [0.25, 0.3) is 0 Å². The van der Waals surface area contributed by atoms with Crippen LogP contribution in [0, 0.1) is 5.92 Å². The SMILES string of the molecule is CNC(=O)c1ccc(CNC(CCO)C2CCCCC2)cc1. The molecule has 1 aliphatic carbocycles. The Bertz CT molecular complexity index is 453. The summed E-state index contributed by atoms with van der Waals surface area (Å²) in [5.74, 6) is 0.630. The number of aliphatic hydroxyl groups is 1. The number of benzene rings is 1. The summed E-state index contributed by atoms with van der Waals surface area (Å²) in [4.78, 5) is 11.5. The Hall–Kier alpha value is -1.39. The van der Waals surface area contributed by atoms with E-state index in [1.165, 1.54) is 37.7 Å². The Morgan fingerprint density at radius 2 is 1.91 bits per heavy atom. The van der Waals surface area contributed by atoms with Crippen molar-refractivity contribution in [2.45, 2.75) is 51.1 Å². The molecule has 3 N–H and O–H groups in total. The Morgan fingerprint density at radius 1 is 1.23 bits per heavy atom. The number of nitrogens with one attached hydrogen (secondary N) is 2. The number of carbonyl (C=O) groups excluding carboxylic acids is 1. The highest BCUT2D eigenvalue weighted by Crippen LogP contribution is 2.27. The number of hydrogen-bond acceptors (Lipinski definition) is 3. The average Bonchev–Trinajstić information content (AvgIpc) is 2.59. The zero-order valence-corrected chi connectivity index (χ0v) is 13.5. The predicted octanol–water partition coefficient (Wildman–Crippen LogP) is 2.47. The molecule has 22 heavy (non-hydrogen) atoms. The van der Waals surface area contributed by atoms with Crippen molar-refractivity contribution in [1.82, 2.24) is 10.6 Å². The number of carbonyl (C=O) groups is 1. The fourth-order valence-corrected chi connectivity index (χ4v) is 3.35. The van der Waals surface area contributed by atoms with Crippen molar-refractivity contribution in [3.63, 3.8) is 0 Å². The maximum atomic E-state index is 11.5. The van der Waals surface area contributed by atoms with Gasteiger partial charge in [0, 0.05) is 31.8 Å². The molecule has 0 spiro atoms. The molecule has 1 aliphatic rings. The highest BCUT2D eigenvalue weighted by molar-refractivity contribution is 5.93. The second-order valence-electron chi connectivity index (χ2n) is 6.17. The van der Waals surface area contributed by atoms with Crippen LogP contribution in [0.1, 0.15) is 54.4 Å². The first kappa shape index (κ1) is 17.0. The van der Waals surface area contributed by atoms with E-state index in [1.54, 1.807) is 7.05 Å². The summed E-state index contributed by atoms with van der Waals surface area (Å²) in [6.45, 7) is 1.03. The molecule has 1 saturated carbocycles. The second kappa shape index (κ2) is 8.91. The van der Waals surface area contributed by atoms with Crippen LogP contribution < -0.4 is 10.6 Å². The van der Waals surface area contributed by atoms with Gasteiger partial charge in [-0.25, -0.2) is 0 Å². The largest absolute Gasteiger partial charge is 0.396 e. The van der Waals surface area contributed by atoms with Gasteiger partial charge in [-0.2, -0.15) is 0 Å². The number of aliphatic hydroxyl groups excluding tert-OH is 1. The van der Waals surface area contributed by atoms with E-state index < -0.39 is 0 Å². The fraction of sp³-hybridized carbons (Fsp3) is 0.611.